The lowest BCUT2D eigenvalue weighted by Crippen LogP contribution is -2.38. The molecule has 1 unspecified atom stereocenters. The molecule has 1 saturated heterocycles. The van der Waals surface area contributed by atoms with Gasteiger partial charge in [0.1, 0.15) is 0 Å². The van der Waals surface area contributed by atoms with Gasteiger partial charge in [-0.2, -0.15) is 0 Å². The molecule has 2 aromatic rings. The van der Waals surface area contributed by atoms with Crippen LogP contribution in [0.15, 0.2) is 36.4 Å². The van der Waals surface area contributed by atoms with Crippen molar-refractivity contribution in [3.05, 3.63) is 57.6 Å². The minimum absolute atomic E-state index is 0.0216. The highest BCUT2D eigenvalue weighted by molar-refractivity contribution is 6.36. The molecule has 0 radical (unpaired) electrons. The van der Waals surface area contributed by atoms with Crippen LogP contribution in [0.3, 0.4) is 0 Å². The predicted octanol–water partition coefficient (Wildman–Crippen LogP) is 4.70. The van der Waals surface area contributed by atoms with Crippen LogP contribution in [0, 0.1) is 5.92 Å². The molecule has 4 rings (SSSR count). The van der Waals surface area contributed by atoms with Crippen molar-refractivity contribution in [2.24, 2.45) is 5.92 Å². The van der Waals surface area contributed by atoms with Crippen molar-refractivity contribution >= 4 is 40.5 Å². The Morgan fingerprint density at radius 2 is 1.89 bits per heavy atom. The highest BCUT2D eigenvalue weighted by Crippen LogP contribution is 2.33. The Hall–Kier alpha value is -1.75. The number of nitrogens with zero attached hydrogens (tertiary/aromatic N) is 1. The molecule has 4 nitrogen and oxygen atoms in total. The van der Waals surface area contributed by atoms with Crippen LogP contribution in [0.1, 0.15) is 30.4 Å². The van der Waals surface area contributed by atoms with Crippen LogP contribution in [-0.4, -0.2) is 30.2 Å². The molecule has 1 amide bonds. The van der Waals surface area contributed by atoms with E-state index in [0.29, 0.717) is 16.5 Å². The summed E-state index contributed by atoms with van der Waals surface area (Å²) in [4.78, 5) is 15.1. The number of hydrogen-bond acceptors (Lipinski definition) is 3. The highest BCUT2D eigenvalue weighted by Gasteiger charge is 2.27. The van der Waals surface area contributed by atoms with Gasteiger partial charge in [0, 0.05) is 36.1 Å². The number of carbonyl (C=O) groups excluding carboxylic acids is 1. The SMILES string of the molecule is O=C(Nc1cccc2c1CC(O)CC2)C1CCN(c2ccc(Cl)cc2Cl)CC1. The van der Waals surface area contributed by atoms with Gasteiger partial charge < -0.3 is 15.3 Å². The average Bonchev–Trinajstić information content (AvgIpc) is 2.68. The number of fused-ring (bicyclic) bond motifs is 1. The fraction of sp³-hybridized carbons (Fsp3) is 0.409. The minimum atomic E-state index is -0.321. The number of aliphatic hydroxyl groups excluding tert-OH is 1. The third kappa shape index (κ3) is 4.14. The first kappa shape index (κ1) is 19.6. The summed E-state index contributed by atoms with van der Waals surface area (Å²) in [6.07, 6.45) is 3.50. The molecule has 2 aliphatic rings. The standard InChI is InChI=1S/C22H24Cl2N2O2/c23-16-5-7-21(19(24)12-16)26-10-8-15(9-11-26)22(28)25-20-3-1-2-14-4-6-17(27)13-18(14)20/h1-3,5,7,12,15,17,27H,4,6,8-11,13H2,(H,25,28). The molecule has 0 saturated carbocycles. The number of benzene rings is 2. The highest BCUT2D eigenvalue weighted by atomic mass is 35.5. The Morgan fingerprint density at radius 1 is 1.11 bits per heavy atom. The number of halogens is 2. The Labute approximate surface area is 175 Å². The van der Waals surface area contributed by atoms with E-state index < -0.39 is 0 Å². The number of aliphatic hydroxyl groups is 1. The first-order valence-corrected chi connectivity index (χ1v) is 10.6. The van der Waals surface area contributed by atoms with Crippen LogP contribution in [0.4, 0.5) is 11.4 Å². The van der Waals surface area contributed by atoms with E-state index in [-0.39, 0.29) is 17.9 Å². The van der Waals surface area contributed by atoms with Crippen molar-refractivity contribution in [2.45, 2.75) is 38.2 Å². The van der Waals surface area contributed by atoms with Crippen LogP contribution in [-0.2, 0) is 17.6 Å². The third-order valence-corrected chi connectivity index (χ3v) is 6.37. The first-order chi connectivity index (χ1) is 13.5. The van der Waals surface area contributed by atoms with E-state index in [4.69, 9.17) is 23.2 Å². The van der Waals surface area contributed by atoms with E-state index >= 15 is 0 Å². The maximum atomic E-state index is 12.9. The summed E-state index contributed by atoms with van der Waals surface area (Å²) >= 11 is 12.3. The van der Waals surface area contributed by atoms with E-state index in [1.807, 2.05) is 24.3 Å². The van der Waals surface area contributed by atoms with Gasteiger partial charge in [-0.25, -0.2) is 0 Å². The molecular formula is C22H24Cl2N2O2. The monoisotopic (exact) mass is 418 g/mol. The van der Waals surface area contributed by atoms with Gasteiger partial charge in [0.25, 0.3) is 0 Å². The molecule has 28 heavy (non-hydrogen) atoms. The Kier molecular flexibility index (Phi) is 5.81. The van der Waals surface area contributed by atoms with Gasteiger partial charge in [0.05, 0.1) is 16.8 Å². The van der Waals surface area contributed by atoms with Gasteiger partial charge >= 0.3 is 0 Å². The van der Waals surface area contributed by atoms with Gasteiger partial charge in [0.2, 0.25) is 5.91 Å². The summed E-state index contributed by atoms with van der Waals surface area (Å²) in [6, 6.07) is 11.5. The largest absolute Gasteiger partial charge is 0.393 e. The second-order valence-corrected chi connectivity index (χ2v) is 8.53. The molecule has 2 aromatic carbocycles. The maximum absolute atomic E-state index is 12.9. The fourth-order valence-corrected chi connectivity index (χ4v) is 4.77. The normalized spacial score (nSPS) is 20.0. The maximum Gasteiger partial charge on any atom is 0.227 e. The van der Waals surface area contributed by atoms with E-state index in [2.05, 4.69) is 16.3 Å². The molecule has 2 N–H and O–H groups in total. The number of anilines is 2. The van der Waals surface area contributed by atoms with Crippen molar-refractivity contribution in [3.8, 4) is 0 Å². The van der Waals surface area contributed by atoms with Crippen LogP contribution < -0.4 is 10.2 Å². The smallest absolute Gasteiger partial charge is 0.227 e. The summed E-state index contributed by atoms with van der Waals surface area (Å²) in [7, 11) is 0. The first-order valence-electron chi connectivity index (χ1n) is 9.81. The number of rotatable bonds is 3. The van der Waals surface area contributed by atoms with Gasteiger partial charge in [0.15, 0.2) is 0 Å². The fourth-order valence-electron chi connectivity index (χ4n) is 4.24. The second-order valence-electron chi connectivity index (χ2n) is 7.69. The Balaban J connectivity index is 1.40. The molecule has 1 atom stereocenters. The summed E-state index contributed by atoms with van der Waals surface area (Å²) in [5, 5.41) is 14.4. The zero-order valence-electron chi connectivity index (χ0n) is 15.6. The van der Waals surface area contributed by atoms with Gasteiger partial charge in [-0.1, -0.05) is 35.3 Å². The summed E-state index contributed by atoms with van der Waals surface area (Å²) in [6.45, 7) is 1.57. The summed E-state index contributed by atoms with van der Waals surface area (Å²) in [5.74, 6) is 0.0435. The predicted molar refractivity (Wildman–Crippen MR) is 115 cm³/mol. The van der Waals surface area contributed by atoms with E-state index in [1.165, 1.54) is 5.56 Å². The summed E-state index contributed by atoms with van der Waals surface area (Å²) in [5.41, 5.74) is 4.13. The molecule has 0 bridgehead atoms. The third-order valence-electron chi connectivity index (χ3n) is 5.83. The number of nitrogens with one attached hydrogen (secondary N) is 1. The molecule has 0 spiro atoms. The van der Waals surface area contributed by atoms with Crippen molar-refractivity contribution in [2.75, 3.05) is 23.3 Å². The van der Waals surface area contributed by atoms with Crippen LogP contribution >= 0.6 is 23.2 Å². The Morgan fingerprint density at radius 3 is 2.64 bits per heavy atom. The van der Waals surface area contributed by atoms with Crippen LogP contribution in [0.2, 0.25) is 10.0 Å². The van der Waals surface area contributed by atoms with Crippen LogP contribution in [0.25, 0.3) is 0 Å². The Bertz CT molecular complexity index is 879. The quantitative estimate of drug-likeness (QED) is 0.759. The number of carbonyl (C=O) groups is 1. The lowest BCUT2D eigenvalue weighted by Gasteiger charge is -2.33. The molecule has 1 aliphatic carbocycles. The second kappa shape index (κ2) is 8.32. The molecule has 1 heterocycles. The lowest BCUT2D eigenvalue weighted by molar-refractivity contribution is -0.120. The van der Waals surface area contributed by atoms with Gasteiger partial charge in [-0.3, -0.25) is 4.79 Å². The average molecular weight is 419 g/mol. The number of aryl methyl sites for hydroxylation is 1. The lowest BCUT2D eigenvalue weighted by atomic mass is 9.88. The molecular weight excluding hydrogens is 395 g/mol. The zero-order valence-corrected chi connectivity index (χ0v) is 17.1. The number of hydrogen-bond donors (Lipinski definition) is 2. The van der Waals surface area contributed by atoms with Crippen molar-refractivity contribution in [1.82, 2.24) is 0 Å². The van der Waals surface area contributed by atoms with E-state index in [1.54, 1.807) is 6.07 Å². The molecule has 6 heteroatoms. The molecule has 148 valence electrons. The molecule has 1 aliphatic heterocycles. The summed E-state index contributed by atoms with van der Waals surface area (Å²) < 4.78 is 0. The van der Waals surface area contributed by atoms with Crippen molar-refractivity contribution in [3.63, 3.8) is 0 Å². The number of amides is 1. The van der Waals surface area contributed by atoms with E-state index in [0.717, 1.165) is 55.7 Å². The minimum Gasteiger partial charge on any atom is -0.393 e. The molecule has 0 aromatic heterocycles. The van der Waals surface area contributed by atoms with E-state index in [9.17, 15) is 9.90 Å². The zero-order chi connectivity index (χ0) is 19.7. The van der Waals surface area contributed by atoms with Gasteiger partial charge in [-0.15, -0.1) is 0 Å². The van der Waals surface area contributed by atoms with Gasteiger partial charge in [-0.05, 0) is 61.1 Å². The van der Waals surface area contributed by atoms with Crippen molar-refractivity contribution in [1.29, 1.82) is 0 Å². The topological polar surface area (TPSA) is 52.6 Å². The number of piperidine rings is 1. The molecule has 1 fully saturated rings. The van der Waals surface area contributed by atoms with Crippen molar-refractivity contribution < 1.29 is 9.90 Å². The van der Waals surface area contributed by atoms with Crippen LogP contribution in [0.5, 0.6) is 0 Å².